The third-order valence-electron chi connectivity index (χ3n) is 4.44. The van der Waals surface area contributed by atoms with Crippen molar-refractivity contribution in [1.29, 1.82) is 0 Å². The first-order valence-electron chi connectivity index (χ1n) is 8.40. The van der Waals surface area contributed by atoms with E-state index in [4.69, 9.17) is 0 Å². The van der Waals surface area contributed by atoms with Gasteiger partial charge in [0.05, 0.1) is 0 Å². The fourth-order valence-corrected chi connectivity index (χ4v) is 3.02. The summed E-state index contributed by atoms with van der Waals surface area (Å²) in [5.74, 6) is 0.564. The Kier molecular flexibility index (Phi) is 5.11. The molecule has 0 spiro atoms. The van der Waals surface area contributed by atoms with Gasteiger partial charge in [0.1, 0.15) is 11.9 Å². The smallest absolute Gasteiger partial charge is 0.249 e. The second-order valence-corrected chi connectivity index (χ2v) is 6.07. The molecule has 5 heteroatoms. The van der Waals surface area contributed by atoms with Gasteiger partial charge < -0.3 is 15.3 Å². The summed E-state index contributed by atoms with van der Waals surface area (Å²) in [5, 5.41) is 12.4. The van der Waals surface area contributed by atoms with E-state index in [1.807, 2.05) is 12.1 Å². The minimum atomic E-state index is -0.952. The maximum Gasteiger partial charge on any atom is 0.249 e. The zero-order valence-electron chi connectivity index (χ0n) is 13.9. The molecule has 2 heterocycles. The van der Waals surface area contributed by atoms with Gasteiger partial charge in [-0.2, -0.15) is 0 Å². The molecule has 0 saturated carbocycles. The Labute approximate surface area is 142 Å². The van der Waals surface area contributed by atoms with Crippen LogP contribution in [-0.2, 0) is 24.3 Å². The van der Waals surface area contributed by atoms with Gasteiger partial charge in [-0.15, -0.1) is 0 Å². The van der Waals surface area contributed by atoms with Crippen molar-refractivity contribution in [3.8, 4) is 0 Å². The third kappa shape index (κ3) is 3.57. The fourth-order valence-electron chi connectivity index (χ4n) is 3.02. The van der Waals surface area contributed by atoms with Gasteiger partial charge >= 0.3 is 0 Å². The highest BCUT2D eigenvalue weighted by atomic mass is 16.3. The zero-order chi connectivity index (χ0) is 16.9. The molecule has 0 bridgehead atoms. The summed E-state index contributed by atoms with van der Waals surface area (Å²) in [6.07, 6.45) is 2.23. The molecule has 1 aromatic carbocycles. The van der Waals surface area contributed by atoms with Crippen molar-refractivity contribution in [3.05, 3.63) is 59.3 Å². The number of nitrogens with one attached hydrogen (secondary N) is 1. The Morgan fingerprint density at radius 3 is 2.88 bits per heavy atom. The molecule has 1 aliphatic rings. The monoisotopic (exact) mass is 325 g/mol. The van der Waals surface area contributed by atoms with Crippen molar-refractivity contribution in [1.82, 2.24) is 10.3 Å². The van der Waals surface area contributed by atoms with Crippen LogP contribution < -0.4 is 10.2 Å². The maximum absolute atomic E-state index is 11.8. The van der Waals surface area contributed by atoms with Gasteiger partial charge in [-0.25, -0.2) is 4.98 Å². The molecule has 0 aliphatic carbocycles. The molecule has 1 aliphatic heterocycles. The van der Waals surface area contributed by atoms with E-state index in [2.05, 4.69) is 39.5 Å². The summed E-state index contributed by atoms with van der Waals surface area (Å²) in [4.78, 5) is 18.6. The van der Waals surface area contributed by atoms with Gasteiger partial charge in [0.15, 0.2) is 0 Å². The summed E-state index contributed by atoms with van der Waals surface area (Å²) in [6.45, 7) is 3.89. The first-order valence-corrected chi connectivity index (χ1v) is 8.40. The highest BCUT2D eigenvalue weighted by molar-refractivity contribution is 5.80. The van der Waals surface area contributed by atoms with Crippen LogP contribution in [0, 0.1) is 0 Å². The molecule has 1 unspecified atom stereocenters. The number of nitrogens with zero attached hydrogens (tertiary/aromatic N) is 2. The van der Waals surface area contributed by atoms with E-state index < -0.39 is 6.10 Å². The van der Waals surface area contributed by atoms with Gasteiger partial charge in [0.25, 0.3) is 0 Å². The summed E-state index contributed by atoms with van der Waals surface area (Å²) < 4.78 is 0. The second kappa shape index (κ2) is 7.45. The number of aromatic nitrogens is 1. The van der Waals surface area contributed by atoms with Crippen molar-refractivity contribution >= 4 is 11.7 Å². The van der Waals surface area contributed by atoms with Crippen LogP contribution in [-0.4, -0.2) is 28.6 Å². The lowest BCUT2D eigenvalue weighted by Crippen LogP contribution is -2.35. The number of anilines is 1. The molecule has 5 nitrogen and oxygen atoms in total. The third-order valence-corrected chi connectivity index (χ3v) is 4.44. The number of amides is 1. The van der Waals surface area contributed by atoms with Crippen LogP contribution in [0.4, 0.5) is 5.82 Å². The van der Waals surface area contributed by atoms with Gasteiger partial charge in [-0.3, -0.25) is 4.79 Å². The Balaban J connectivity index is 1.74. The summed E-state index contributed by atoms with van der Waals surface area (Å²) in [6, 6.07) is 12.3. The van der Waals surface area contributed by atoms with Crippen molar-refractivity contribution in [2.45, 2.75) is 39.0 Å². The number of carbonyl (C=O) groups is 1. The zero-order valence-corrected chi connectivity index (χ0v) is 13.9. The molecule has 3 rings (SSSR count). The molecular formula is C19H23N3O2. The summed E-state index contributed by atoms with van der Waals surface area (Å²) in [7, 11) is 0. The van der Waals surface area contributed by atoms with Crippen molar-refractivity contribution in [2.75, 3.05) is 11.4 Å². The van der Waals surface area contributed by atoms with Crippen LogP contribution in [0.15, 0.2) is 42.6 Å². The minimum absolute atomic E-state index is 0.337. The number of aliphatic hydroxyl groups excluding tert-OH is 1. The SMILES string of the molecule is CCC(O)C(=O)NCc1cccnc1N1CCc2ccccc2C1. The lowest BCUT2D eigenvalue weighted by molar-refractivity contribution is -0.129. The molecule has 1 atom stereocenters. The highest BCUT2D eigenvalue weighted by Crippen LogP contribution is 2.25. The van der Waals surface area contributed by atoms with Crippen LogP contribution >= 0.6 is 0 Å². The van der Waals surface area contributed by atoms with E-state index in [-0.39, 0.29) is 5.91 Å². The van der Waals surface area contributed by atoms with Crippen molar-refractivity contribution in [2.24, 2.45) is 0 Å². The number of aliphatic hydroxyl groups is 1. The fraction of sp³-hybridized carbons (Fsp3) is 0.368. The molecule has 2 aromatic rings. The standard InChI is InChI=1S/C19H23N3O2/c1-2-17(23)19(24)21-12-15-8-5-10-20-18(15)22-11-9-14-6-3-4-7-16(14)13-22/h3-8,10,17,23H,2,9,11-13H2,1H3,(H,21,24). The Hall–Kier alpha value is -2.40. The number of rotatable bonds is 5. The largest absolute Gasteiger partial charge is 0.383 e. The highest BCUT2D eigenvalue weighted by Gasteiger charge is 2.20. The number of fused-ring (bicyclic) bond motifs is 1. The van der Waals surface area contributed by atoms with E-state index in [0.29, 0.717) is 13.0 Å². The molecule has 0 fully saturated rings. The Morgan fingerprint density at radius 2 is 2.08 bits per heavy atom. The summed E-state index contributed by atoms with van der Waals surface area (Å²) in [5.41, 5.74) is 3.69. The Bertz CT molecular complexity index is 717. The molecule has 1 amide bonds. The van der Waals surface area contributed by atoms with Gasteiger partial charge in [0.2, 0.25) is 5.91 Å². The Morgan fingerprint density at radius 1 is 1.29 bits per heavy atom. The lowest BCUT2D eigenvalue weighted by Gasteiger charge is -2.31. The van der Waals surface area contributed by atoms with Gasteiger partial charge in [-0.1, -0.05) is 37.3 Å². The lowest BCUT2D eigenvalue weighted by atomic mass is 9.99. The summed E-state index contributed by atoms with van der Waals surface area (Å²) >= 11 is 0. The number of carbonyl (C=O) groups excluding carboxylic acids is 1. The van der Waals surface area contributed by atoms with Crippen molar-refractivity contribution < 1.29 is 9.90 Å². The normalized spacial score (nSPS) is 14.8. The first-order chi connectivity index (χ1) is 11.7. The predicted octanol–water partition coefficient (Wildman–Crippen LogP) is 2.03. The van der Waals surface area contributed by atoms with Crippen LogP contribution in [0.1, 0.15) is 30.0 Å². The topological polar surface area (TPSA) is 65.5 Å². The quantitative estimate of drug-likeness (QED) is 0.883. The average molecular weight is 325 g/mol. The van der Waals surface area contributed by atoms with E-state index in [0.717, 1.165) is 30.9 Å². The molecule has 2 N–H and O–H groups in total. The molecule has 126 valence electrons. The van der Waals surface area contributed by atoms with Crippen LogP contribution in [0.2, 0.25) is 0 Å². The molecule has 24 heavy (non-hydrogen) atoms. The van der Waals surface area contributed by atoms with E-state index >= 15 is 0 Å². The van der Waals surface area contributed by atoms with E-state index in [1.165, 1.54) is 11.1 Å². The molecule has 0 radical (unpaired) electrons. The number of hydrogen-bond donors (Lipinski definition) is 2. The van der Waals surface area contributed by atoms with Crippen molar-refractivity contribution in [3.63, 3.8) is 0 Å². The predicted molar refractivity (Wildman–Crippen MR) is 93.6 cm³/mol. The molecular weight excluding hydrogens is 302 g/mol. The van der Waals surface area contributed by atoms with Crippen LogP contribution in [0.3, 0.4) is 0 Å². The maximum atomic E-state index is 11.8. The van der Waals surface area contributed by atoms with E-state index in [1.54, 1.807) is 13.1 Å². The first kappa shape index (κ1) is 16.5. The average Bonchev–Trinajstić information content (AvgIpc) is 2.65. The van der Waals surface area contributed by atoms with Crippen LogP contribution in [0.25, 0.3) is 0 Å². The number of pyridine rings is 1. The molecule has 0 saturated heterocycles. The van der Waals surface area contributed by atoms with Crippen LogP contribution in [0.5, 0.6) is 0 Å². The van der Waals surface area contributed by atoms with Gasteiger partial charge in [-0.05, 0) is 30.0 Å². The molecule has 1 aromatic heterocycles. The minimum Gasteiger partial charge on any atom is -0.383 e. The number of hydrogen-bond acceptors (Lipinski definition) is 4. The van der Waals surface area contributed by atoms with E-state index in [9.17, 15) is 9.90 Å². The second-order valence-electron chi connectivity index (χ2n) is 6.07. The van der Waals surface area contributed by atoms with Gasteiger partial charge in [0, 0.05) is 31.4 Å². The number of benzene rings is 1.